The van der Waals surface area contributed by atoms with Gasteiger partial charge in [0.05, 0.1) is 10.6 Å². The molecule has 1 aromatic rings. The topological polar surface area (TPSA) is 39.1 Å². The number of nitriles is 1. The molecule has 0 saturated heterocycles. The van der Waals surface area contributed by atoms with Gasteiger partial charge in [-0.3, -0.25) is 0 Å². The normalized spacial score (nSPS) is 16.4. The Morgan fingerprint density at radius 3 is 2.72 bits per heavy atom. The molecule has 1 fully saturated rings. The van der Waals surface area contributed by atoms with E-state index in [2.05, 4.69) is 30.4 Å². The van der Waals surface area contributed by atoms with Gasteiger partial charge in [-0.1, -0.05) is 11.6 Å². The number of anilines is 1. The predicted molar refractivity (Wildman–Crippen MR) is 74.9 cm³/mol. The van der Waals surface area contributed by atoms with Crippen LogP contribution in [-0.4, -0.2) is 31.6 Å². The Labute approximate surface area is 113 Å². The van der Waals surface area contributed by atoms with Gasteiger partial charge in [-0.05, 0) is 51.1 Å². The third-order valence-electron chi connectivity index (χ3n) is 3.43. The van der Waals surface area contributed by atoms with Gasteiger partial charge in [0.2, 0.25) is 0 Å². The van der Waals surface area contributed by atoms with Crippen molar-refractivity contribution < 1.29 is 0 Å². The summed E-state index contributed by atoms with van der Waals surface area (Å²) in [6.45, 7) is 0.917. The van der Waals surface area contributed by atoms with Crippen molar-refractivity contribution in [3.05, 3.63) is 28.8 Å². The van der Waals surface area contributed by atoms with Gasteiger partial charge in [0, 0.05) is 18.3 Å². The molecule has 1 atom stereocenters. The van der Waals surface area contributed by atoms with Crippen LogP contribution in [0.15, 0.2) is 18.2 Å². The summed E-state index contributed by atoms with van der Waals surface area (Å²) < 4.78 is 0. The summed E-state index contributed by atoms with van der Waals surface area (Å²) in [5, 5.41) is 12.7. The van der Waals surface area contributed by atoms with Gasteiger partial charge in [-0.2, -0.15) is 5.26 Å². The van der Waals surface area contributed by atoms with Crippen LogP contribution >= 0.6 is 11.6 Å². The maximum absolute atomic E-state index is 8.82. The molecular weight excluding hydrogens is 246 g/mol. The van der Waals surface area contributed by atoms with Crippen LogP contribution in [-0.2, 0) is 0 Å². The van der Waals surface area contributed by atoms with E-state index in [4.69, 9.17) is 16.9 Å². The third kappa shape index (κ3) is 3.16. The van der Waals surface area contributed by atoms with Gasteiger partial charge >= 0.3 is 0 Å². The van der Waals surface area contributed by atoms with Crippen molar-refractivity contribution in [3.63, 3.8) is 0 Å². The lowest BCUT2D eigenvalue weighted by Crippen LogP contribution is -2.36. The maximum atomic E-state index is 8.82. The molecule has 4 heteroatoms. The van der Waals surface area contributed by atoms with Crippen molar-refractivity contribution in [2.45, 2.75) is 18.9 Å². The van der Waals surface area contributed by atoms with E-state index >= 15 is 0 Å². The first kappa shape index (κ1) is 13.2. The van der Waals surface area contributed by atoms with Crippen LogP contribution < -0.4 is 5.32 Å². The average Bonchev–Trinajstić information content (AvgIpc) is 3.13. The summed E-state index contributed by atoms with van der Waals surface area (Å²) in [6, 6.07) is 8.12. The number of nitrogens with one attached hydrogen (secondary N) is 1. The monoisotopic (exact) mass is 263 g/mol. The SMILES string of the molecule is CN(C)C(CNc1ccc(C#N)c(Cl)c1)C1CC1. The highest BCUT2D eigenvalue weighted by molar-refractivity contribution is 6.32. The molecule has 0 aliphatic heterocycles. The number of likely N-dealkylation sites (N-methyl/N-ethyl adjacent to an activating group) is 1. The predicted octanol–water partition coefficient (Wildman–Crippen LogP) is 2.96. The van der Waals surface area contributed by atoms with Gasteiger partial charge in [0.1, 0.15) is 6.07 Å². The number of hydrogen-bond acceptors (Lipinski definition) is 3. The van der Waals surface area contributed by atoms with Gasteiger partial charge in [-0.15, -0.1) is 0 Å². The Morgan fingerprint density at radius 1 is 1.50 bits per heavy atom. The Balaban J connectivity index is 1.97. The van der Waals surface area contributed by atoms with Crippen LogP contribution in [0.25, 0.3) is 0 Å². The molecule has 0 heterocycles. The molecule has 0 radical (unpaired) electrons. The van der Waals surface area contributed by atoms with Crippen LogP contribution in [0.5, 0.6) is 0 Å². The van der Waals surface area contributed by atoms with E-state index in [0.717, 1.165) is 18.2 Å². The largest absolute Gasteiger partial charge is 0.383 e. The minimum Gasteiger partial charge on any atom is -0.383 e. The lowest BCUT2D eigenvalue weighted by atomic mass is 10.1. The average molecular weight is 264 g/mol. The number of halogens is 1. The molecule has 1 aromatic carbocycles. The summed E-state index contributed by atoms with van der Waals surface area (Å²) in [5.74, 6) is 0.821. The Bertz CT molecular complexity index is 459. The first-order chi connectivity index (χ1) is 8.61. The summed E-state index contributed by atoms with van der Waals surface area (Å²) in [6.07, 6.45) is 2.66. The Hall–Kier alpha value is -1.24. The molecule has 0 amide bonds. The second-order valence-corrected chi connectivity index (χ2v) is 5.46. The molecule has 18 heavy (non-hydrogen) atoms. The second kappa shape index (κ2) is 5.60. The van der Waals surface area contributed by atoms with E-state index in [-0.39, 0.29) is 0 Å². The first-order valence-corrected chi connectivity index (χ1v) is 6.59. The molecule has 0 spiro atoms. The molecule has 0 aromatic heterocycles. The minimum absolute atomic E-state index is 0.510. The molecule has 1 aliphatic carbocycles. The first-order valence-electron chi connectivity index (χ1n) is 6.21. The van der Waals surface area contributed by atoms with Gasteiger partial charge in [-0.25, -0.2) is 0 Å². The van der Waals surface area contributed by atoms with Crippen LogP contribution in [0.4, 0.5) is 5.69 Å². The molecule has 0 bridgehead atoms. The van der Waals surface area contributed by atoms with E-state index in [9.17, 15) is 0 Å². The zero-order valence-corrected chi connectivity index (χ0v) is 11.5. The van der Waals surface area contributed by atoms with Crippen molar-refractivity contribution >= 4 is 17.3 Å². The molecular formula is C14H18ClN3. The zero-order valence-electron chi connectivity index (χ0n) is 10.8. The maximum Gasteiger partial charge on any atom is 0.101 e. The fourth-order valence-corrected chi connectivity index (χ4v) is 2.41. The van der Waals surface area contributed by atoms with Crippen molar-refractivity contribution in [2.75, 3.05) is 26.0 Å². The summed E-state index contributed by atoms with van der Waals surface area (Å²) in [4.78, 5) is 2.27. The molecule has 1 N–H and O–H groups in total. The van der Waals surface area contributed by atoms with Crippen LogP contribution in [0.3, 0.4) is 0 Å². The number of hydrogen-bond donors (Lipinski definition) is 1. The van der Waals surface area contributed by atoms with Crippen molar-refractivity contribution in [1.29, 1.82) is 5.26 Å². The number of rotatable bonds is 5. The summed E-state index contributed by atoms with van der Waals surface area (Å²) in [5.41, 5.74) is 1.50. The van der Waals surface area contributed by atoms with E-state index in [1.165, 1.54) is 12.8 Å². The van der Waals surface area contributed by atoms with Gasteiger partial charge in [0.25, 0.3) is 0 Å². The lowest BCUT2D eigenvalue weighted by Gasteiger charge is -2.25. The van der Waals surface area contributed by atoms with E-state index < -0.39 is 0 Å². The van der Waals surface area contributed by atoms with Gasteiger partial charge in [0.15, 0.2) is 0 Å². The lowest BCUT2D eigenvalue weighted by molar-refractivity contribution is 0.276. The molecule has 1 saturated carbocycles. The van der Waals surface area contributed by atoms with Gasteiger partial charge < -0.3 is 10.2 Å². The number of benzene rings is 1. The molecule has 96 valence electrons. The van der Waals surface area contributed by atoms with Crippen molar-refractivity contribution in [2.24, 2.45) is 5.92 Å². The van der Waals surface area contributed by atoms with Crippen molar-refractivity contribution in [1.82, 2.24) is 4.90 Å². The molecule has 1 aliphatic rings. The third-order valence-corrected chi connectivity index (χ3v) is 3.75. The Kier molecular flexibility index (Phi) is 4.11. The molecule has 3 nitrogen and oxygen atoms in total. The minimum atomic E-state index is 0.510. The molecule has 1 unspecified atom stereocenters. The second-order valence-electron chi connectivity index (χ2n) is 5.06. The van der Waals surface area contributed by atoms with E-state index in [1.807, 2.05) is 12.1 Å². The fourth-order valence-electron chi connectivity index (χ4n) is 2.19. The highest BCUT2D eigenvalue weighted by Crippen LogP contribution is 2.34. The van der Waals surface area contributed by atoms with Crippen LogP contribution in [0, 0.1) is 17.2 Å². The van der Waals surface area contributed by atoms with Crippen LogP contribution in [0.1, 0.15) is 18.4 Å². The Morgan fingerprint density at radius 2 is 2.22 bits per heavy atom. The highest BCUT2D eigenvalue weighted by atomic mass is 35.5. The standard InChI is InChI=1S/C14H18ClN3/c1-18(2)14(10-3-4-10)9-17-12-6-5-11(8-16)13(15)7-12/h5-7,10,14,17H,3-4,9H2,1-2H3. The van der Waals surface area contributed by atoms with Crippen LogP contribution in [0.2, 0.25) is 5.02 Å². The zero-order chi connectivity index (χ0) is 13.1. The quantitative estimate of drug-likeness (QED) is 0.888. The van der Waals surface area contributed by atoms with E-state index in [0.29, 0.717) is 16.6 Å². The van der Waals surface area contributed by atoms with Crippen molar-refractivity contribution in [3.8, 4) is 6.07 Å². The highest BCUT2D eigenvalue weighted by Gasteiger charge is 2.32. The molecule has 2 rings (SSSR count). The number of nitrogens with zero attached hydrogens (tertiary/aromatic N) is 2. The summed E-state index contributed by atoms with van der Waals surface area (Å²) >= 11 is 6.01. The summed E-state index contributed by atoms with van der Waals surface area (Å²) in [7, 11) is 4.24. The van der Waals surface area contributed by atoms with E-state index in [1.54, 1.807) is 6.07 Å². The fraction of sp³-hybridized carbons (Fsp3) is 0.500. The smallest absolute Gasteiger partial charge is 0.101 e.